The summed E-state index contributed by atoms with van der Waals surface area (Å²) in [6.07, 6.45) is 1.87. The van der Waals surface area contributed by atoms with E-state index in [0.717, 1.165) is 28.2 Å². The lowest BCUT2D eigenvalue weighted by Crippen LogP contribution is -2.25. The number of rotatable bonds is 4. The lowest BCUT2D eigenvalue weighted by Gasteiger charge is -2.07. The topological polar surface area (TPSA) is 55.6 Å². The molecule has 0 radical (unpaired) electrons. The summed E-state index contributed by atoms with van der Waals surface area (Å²) in [4.78, 5) is 17.0. The Morgan fingerprint density at radius 1 is 1.22 bits per heavy atom. The van der Waals surface area contributed by atoms with Crippen molar-refractivity contribution in [3.8, 4) is 5.75 Å². The molecular weight excluding hydrogens is 290 g/mol. The van der Waals surface area contributed by atoms with Gasteiger partial charge < -0.3 is 10.1 Å². The normalized spacial score (nSPS) is 10.7. The Morgan fingerprint density at radius 3 is 2.65 bits per heavy atom. The first kappa shape index (κ1) is 15.1. The third-order valence-corrected chi connectivity index (χ3v) is 3.85. The number of hydrogen-bond acceptors (Lipinski definition) is 3. The summed E-state index contributed by atoms with van der Waals surface area (Å²) in [5, 5.41) is 2.95. The molecule has 0 aliphatic rings. The number of methoxy groups -OCH3 is 1. The molecule has 0 fully saturated rings. The molecule has 0 aliphatic heterocycles. The van der Waals surface area contributed by atoms with Crippen molar-refractivity contribution in [1.82, 2.24) is 14.7 Å². The Hall–Kier alpha value is -2.82. The molecule has 118 valence electrons. The van der Waals surface area contributed by atoms with E-state index < -0.39 is 0 Å². The molecule has 0 saturated heterocycles. The van der Waals surface area contributed by atoms with Crippen LogP contribution in [0.4, 0.5) is 0 Å². The SMILES string of the molecule is COc1ccc(CNC(=O)c2c(C)nc3c(C)cccn23)cc1. The highest BCUT2D eigenvalue weighted by Gasteiger charge is 2.16. The van der Waals surface area contributed by atoms with Gasteiger partial charge in [0.1, 0.15) is 17.1 Å². The van der Waals surface area contributed by atoms with Crippen molar-refractivity contribution in [2.24, 2.45) is 0 Å². The molecule has 5 heteroatoms. The number of fused-ring (bicyclic) bond motifs is 1. The van der Waals surface area contributed by atoms with Gasteiger partial charge in [-0.25, -0.2) is 4.98 Å². The van der Waals surface area contributed by atoms with E-state index >= 15 is 0 Å². The van der Waals surface area contributed by atoms with Crippen molar-refractivity contribution >= 4 is 11.6 Å². The number of carbonyl (C=O) groups excluding carboxylic acids is 1. The second kappa shape index (κ2) is 6.12. The van der Waals surface area contributed by atoms with Gasteiger partial charge in [-0.05, 0) is 43.2 Å². The first-order chi connectivity index (χ1) is 11.1. The molecule has 1 aromatic carbocycles. The average Bonchev–Trinajstić information content (AvgIpc) is 2.91. The molecule has 2 aromatic heterocycles. The Labute approximate surface area is 134 Å². The summed E-state index contributed by atoms with van der Waals surface area (Å²) in [7, 11) is 1.63. The molecule has 5 nitrogen and oxygen atoms in total. The highest BCUT2D eigenvalue weighted by Crippen LogP contribution is 2.16. The average molecular weight is 309 g/mol. The number of imidazole rings is 1. The number of hydrogen-bond donors (Lipinski definition) is 1. The number of pyridine rings is 1. The number of carbonyl (C=O) groups is 1. The number of aryl methyl sites for hydroxylation is 2. The van der Waals surface area contributed by atoms with Gasteiger partial charge in [0, 0.05) is 12.7 Å². The van der Waals surface area contributed by atoms with Gasteiger partial charge in [0.15, 0.2) is 0 Å². The standard InChI is InChI=1S/C18H19N3O2/c1-12-5-4-10-21-16(13(2)20-17(12)21)18(22)19-11-14-6-8-15(23-3)9-7-14/h4-10H,11H2,1-3H3,(H,19,22). The Morgan fingerprint density at radius 2 is 1.96 bits per heavy atom. The third-order valence-electron chi connectivity index (χ3n) is 3.85. The molecule has 3 rings (SSSR count). The van der Waals surface area contributed by atoms with Crippen LogP contribution in [-0.2, 0) is 6.54 Å². The zero-order valence-electron chi connectivity index (χ0n) is 13.5. The minimum absolute atomic E-state index is 0.128. The van der Waals surface area contributed by atoms with Gasteiger partial charge in [-0.1, -0.05) is 18.2 Å². The zero-order valence-corrected chi connectivity index (χ0v) is 13.5. The quantitative estimate of drug-likeness (QED) is 0.806. The van der Waals surface area contributed by atoms with E-state index in [2.05, 4.69) is 10.3 Å². The van der Waals surface area contributed by atoms with Crippen LogP contribution in [0.3, 0.4) is 0 Å². The van der Waals surface area contributed by atoms with Crippen LogP contribution >= 0.6 is 0 Å². The number of nitrogens with zero attached hydrogens (tertiary/aromatic N) is 2. The molecular formula is C18H19N3O2. The van der Waals surface area contributed by atoms with Crippen molar-refractivity contribution in [2.45, 2.75) is 20.4 Å². The maximum absolute atomic E-state index is 12.6. The van der Waals surface area contributed by atoms with Crippen molar-refractivity contribution < 1.29 is 9.53 Å². The molecule has 0 atom stereocenters. The van der Waals surface area contributed by atoms with Crippen LogP contribution in [0.1, 0.15) is 27.3 Å². The van der Waals surface area contributed by atoms with Crippen molar-refractivity contribution in [3.63, 3.8) is 0 Å². The van der Waals surface area contributed by atoms with Crippen LogP contribution in [0, 0.1) is 13.8 Å². The van der Waals surface area contributed by atoms with E-state index in [1.54, 1.807) is 7.11 Å². The second-order valence-corrected chi connectivity index (χ2v) is 5.46. The van der Waals surface area contributed by atoms with Gasteiger partial charge in [-0.2, -0.15) is 0 Å². The number of nitrogens with one attached hydrogen (secondary N) is 1. The van der Waals surface area contributed by atoms with E-state index in [1.165, 1.54) is 0 Å². The maximum atomic E-state index is 12.6. The van der Waals surface area contributed by atoms with E-state index in [0.29, 0.717) is 12.2 Å². The minimum Gasteiger partial charge on any atom is -0.497 e. The molecule has 0 spiro atoms. The minimum atomic E-state index is -0.128. The monoisotopic (exact) mass is 309 g/mol. The van der Waals surface area contributed by atoms with Crippen molar-refractivity contribution in [1.29, 1.82) is 0 Å². The highest BCUT2D eigenvalue weighted by molar-refractivity contribution is 5.94. The maximum Gasteiger partial charge on any atom is 0.270 e. The first-order valence-electron chi connectivity index (χ1n) is 7.45. The summed E-state index contributed by atoms with van der Waals surface area (Å²) >= 11 is 0. The highest BCUT2D eigenvalue weighted by atomic mass is 16.5. The molecule has 3 aromatic rings. The molecule has 0 aliphatic carbocycles. The summed E-state index contributed by atoms with van der Waals surface area (Å²) in [5.41, 5.74) is 4.19. The predicted octanol–water partition coefficient (Wildman–Crippen LogP) is 2.89. The lowest BCUT2D eigenvalue weighted by molar-refractivity contribution is 0.0944. The lowest BCUT2D eigenvalue weighted by atomic mass is 10.2. The fraction of sp³-hybridized carbons (Fsp3) is 0.222. The Kier molecular flexibility index (Phi) is 4.02. The number of benzene rings is 1. The van der Waals surface area contributed by atoms with Crippen LogP contribution in [0.15, 0.2) is 42.6 Å². The van der Waals surface area contributed by atoms with Crippen LogP contribution in [0.5, 0.6) is 5.75 Å². The van der Waals surface area contributed by atoms with Crippen molar-refractivity contribution in [2.75, 3.05) is 7.11 Å². The molecule has 1 amide bonds. The number of amides is 1. The van der Waals surface area contributed by atoms with Crippen LogP contribution in [0.25, 0.3) is 5.65 Å². The summed E-state index contributed by atoms with van der Waals surface area (Å²) < 4.78 is 6.97. The fourth-order valence-corrected chi connectivity index (χ4v) is 2.60. The molecule has 0 unspecified atom stereocenters. The predicted molar refractivity (Wildman–Crippen MR) is 88.8 cm³/mol. The van der Waals surface area contributed by atoms with Crippen LogP contribution in [0.2, 0.25) is 0 Å². The molecule has 0 bridgehead atoms. The first-order valence-corrected chi connectivity index (χ1v) is 7.45. The smallest absolute Gasteiger partial charge is 0.270 e. The van der Waals surface area contributed by atoms with E-state index in [9.17, 15) is 4.79 Å². The molecule has 23 heavy (non-hydrogen) atoms. The zero-order chi connectivity index (χ0) is 16.4. The number of aromatic nitrogens is 2. The number of ether oxygens (including phenoxy) is 1. The Bertz CT molecular complexity index is 851. The van der Waals surface area contributed by atoms with Gasteiger partial charge in [0.2, 0.25) is 0 Å². The molecule has 2 heterocycles. The largest absolute Gasteiger partial charge is 0.497 e. The van der Waals surface area contributed by atoms with Crippen LogP contribution < -0.4 is 10.1 Å². The second-order valence-electron chi connectivity index (χ2n) is 5.46. The van der Waals surface area contributed by atoms with Gasteiger partial charge in [-0.3, -0.25) is 9.20 Å². The molecule has 0 saturated carbocycles. The van der Waals surface area contributed by atoms with Crippen molar-refractivity contribution in [3.05, 3.63) is 65.1 Å². The van der Waals surface area contributed by atoms with E-state index in [-0.39, 0.29) is 5.91 Å². The van der Waals surface area contributed by atoms with E-state index in [4.69, 9.17) is 4.74 Å². The third kappa shape index (κ3) is 2.90. The van der Waals surface area contributed by atoms with Gasteiger partial charge in [0.05, 0.1) is 12.8 Å². The van der Waals surface area contributed by atoms with E-state index in [1.807, 2.05) is 60.8 Å². The molecule has 1 N–H and O–H groups in total. The van der Waals surface area contributed by atoms with Crippen LogP contribution in [-0.4, -0.2) is 22.4 Å². The summed E-state index contributed by atoms with van der Waals surface area (Å²) in [6, 6.07) is 11.5. The Balaban J connectivity index is 1.80. The van der Waals surface area contributed by atoms with Gasteiger partial charge in [-0.15, -0.1) is 0 Å². The summed E-state index contributed by atoms with van der Waals surface area (Å²) in [6.45, 7) is 4.30. The van der Waals surface area contributed by atoms with Gasteiger partial charge >= 0.3 is 0 Å². The summed E-state index contributed by atoms with van der Waals surface area (Å²) in [5.74, 6) is 0.671. The van der Waals surface area contributed by atoms with Gasteiger partial charge in [0.25, 0.3) is 5.91 Å². The fourth-order valence-electron chi connectivity index (χ4n) is 2.60.